The molecule has 4 rings (SSSR count). The number of furan rings is 1. The third-order valence-corrected chi connectivity index (χ3v) is 6.31. The van der Waals surface area contributed by atoms with Gasteiger partial charge in [-0.1, -0.05) is 17.8 Å². The van der Waals surface area contributed by atoms with Gasteiger partial charge in [-0.25, -0.2) is 9.37 Å². The van der Waals surface area contributed by atoms with Crippen LogP contribution < -0.4 is 10.2 Å². The summed E-state index contributed by atoms with van der Waals surface area (Å²) in [4.78, 5) is 18.7. The summed E-state index contributed by atoms with van der Waals surface area (Å²) in [6, 6.07) is 8.50. The normalized spacial score (nSPS) is 18.7. The lowest BCUT2D eigenvalue weighted by Gasteiger charge is -2.37. The largest absolute Gasteiger partial charge is 0.455 e. The molecular formula is C23H27FN4O3S. The molecule has 0 bridgehead atoms. The van der Waals surface area contributed by atoms with E-state index in [-0.39, 0.29) is 36.2 Å². The van der Waals surface area contributed by atoms with Crippen molar-refractivity contribution in [2.45, 2.75) is 43.5 Å². The number of nitrogens with zero attached hydrogens (tertiary/aromatic N) is 3. The van der Waals surface area contributed by atoms with Crippen LogP contribution in [0.5, 0.6) is 0 Å². The number of hydrogen-bond donors (Lipinski definition) is 1. The molecule has 0 spiro atoms. The monoisotopic (exact) mass is 458 g/mol. The quantitative estimate of drug-likeness (QED) is 0.540. The van der Waals surface area contributed by atoms with E-state index >= 15 is 0 Å². The number of halogens is 1. The third kappa shape index (κ3) is 5.34. The zero-order valence-corrected chi connectivity index (χ0v) is 19.2. The molecule has 0 saturated carbocycles. The molecule has 170 valence electrons. The molecule has 0 aliphatic carbocycles. The molecule has 7 nitrogen and oxygen atoms in total. The summed E-state index contributed by atoms with van der Waals surface area (Å²) < 4.78 is 28.0. The Labute approximate surface area is 190 Å². The van der Waals surface area contributed by atoms with Crippen molar-refractivity contribution in [2.24, 2.45) is 7.05 Å². The first kappa shape index (κ1) is 22.4. The molecule has 1 fully saturated rings. The topological polar surface area (TPSA) is 72.5 Å². The van der Waals surface area contributed by atoms with Crippen LogP contribution in [0.4, 0.5) is 10.1 Å². The summed E-state index contributed by atoms with van der Waals surface area (Å²) in [7, 11) is 1.92. The van der Waals surface area contributed by atoms with Crippen LogP contribution >= 0.6 is 11.8 Å². The third-order valence-electron chi connectivity index (χ3n) is 5.23. The number of benzene rings is 1. The summed E-state index contributed by atoms with van der Waals surface area (Å²) in [5, 5.41) is 3.67. The Morgan fingerprint density at radius 1 is 1.25 bits per heavy atom. The number of aromatic nitrogens is 2. The molecule has 0 radical (unpaired) electrons. The van der Waals surface area contributed by atoms with E-state index in [9.17, 15) is 9.18 Å². The van der Waals surface area contributed by atoms with Crippen molar-refractivity contribution in [3.63, 3.8) is 0 Å². The predicted molar refractivity (Wildman–Crippen MR) is 121 cm³/mol. The molecular weight excluding hydrogens is 431 g/mol. The van der Waals surface area contributed by atoms with E-state index in [1.807, 2.05) is 42.6 Å². The molecule has 1 amide bonds. The summed E-state index contributed by atoms with van der Waals surface area (Å²) in [6.07, 6.45) is 3.72. The zero-order chi connectivity index (χ0) is 22.7. The minimum atomic E-state index is -0.335. The Morgan fingerprint density at radius 2 is 2.03 bits per heavy atom. The van der Waals surface area contributed by atoms with Crippen molar-refractivity contribution in [3.8, 4) is 0 Å². The van der Waals surface area contributed by atoms with Crippen LogP contribution in [0.25, 0.3) is 0 Å². The fraction of sp³-hybridized carbons (Fsp3) is 0.391. The zero-order valence-electron chi connectivity index (χ0n) is 18.4. The lowest BCUT2D eigenvalue weighted by atomic mass is 10.1. The van der Waals surface area contributed by atoms with Gasteiger partial charge < -0.3 is 23.9 Å². The number of carbonyl (C=O) groups is 1. The molecule has 2 aromatic heterocycles. The van der Waals surface area contributed by atoms with E-state index in [1.165, 1.54) is 17.8 Å². The fourth-order valence-corrected chi connectivity index (χ4v) is 4.59. The number of nitrogens with one attached hydrogen (secondary N) is 1. The van der Waals surface area contributed by atoms with Crippen LogP contribution in [0.2, 0.25) is 0 Å². The number of imidazole rings is 1. The molecule has 2 unspecified atom stereocenters. The van der Waals surface area contributed by atoms with Crippen molar-refractivity contribution >= 4 is 23.4 Å². The van der Waals surface area contributed by atoms with Gasteiger partial charge in [0.05, 0.1) is 23.6 Å². The second kappa shape index (κ2) is 9.79. The number of anilines is 1. The SMILES string of the molecule is CC1CN(c2ccc(CNC(=O)c3ccc(CSc4nccn4C)o3)cc2F)CC(C)O1. The Kier molecular flexibility index (Phi) is 6.86. The second-order valence-electron chi connectivity index (χ2n) is 8.01. The summed E-state index contributed by atoms with van der Waals surface area (Å²) in [6.45, 7) is 5.49. The van der Waals surface area contributed by atoms with Crippen LogP contribution in [0, 0.1) is 5.82 Å². The minimum absolute atomic E-state index is 0.0532. The molecule has 3 heterocycles. The summed E-state index contributed by atoms with van der Waals surface area (Å²) in [5.41, 5.74) is 1.24. The number of carbonyl (C=O) groups excluding carboxylic acids is 1. The molecule has 1 saturated heterocycles. The van der Waals surface area contributed by atoms with Crippen molar-refractivity contribution in [1.82, 2.24) is 14.9 Å². The molecule has 3 aromatic rings. The molecule has 32 heavy (non-hydrogen) atoms. The standard InChI is InChI=1S/C23H27FN4O3S/c1-15-12-28(13-16(2)30-15)20-6-4-17(10-19(20)24)11-26-22(29)21-7-5-18(31-21)14-32-23-25-8-9-27(23)3/h4-10,15-16H,11-14H2,1-3H3,(H,26,29). The second-order valence-corrected chi connectivity index (χ2v) is 8.95. The van der Waals surface area contributed by atoms with Crippen LogP contribution in [0.15, 0.2) is 52.3 Å². The Bertz CT molecular complexity index is 1070. The van der Waals surface area contributed by atoms with Crippen molar-refractivity contribution in [2.75, 3.05) is 18.0 Å². The highest BCUT2D eigenvalue weighted by Crippen LogP contribution is 2.25. The average molecular weight is 459 g/mol. The van der Waals surface area contributed by atoms with Crippen LogP contribution in [-0.4, -0.2) is 40.8 Å². The molecule has 1 aliphatic rings. The van der Waals surface area contributed by atoms with Gasteiger partial charge in [0.25, 0.3) is 5.91 Å². The Hall–Kier alpha value is -2.78. The first-order chi connectivity index (χ1) is 15.4. The van der Waals surface area contributed by atoms with Gasteiger partial charge in [0.1, 0.15) is 11.6 Å². The number of rotatable bonds is 7. The van der Waals surface area contributed by atoms with Gasteiger partial charge in [-0.3, -0.25) is 4.79 Å². The highest BCUT2D eigenvalue weighted by Gasteiger charge is 2.24. The highest BCUT2D eigenvalue weighted by atomic mass is 32.2. The summed E-state index contributed by atoms with van der Waals surface area (Å²) in [5.74, 6) is 0.855. The minimum Gasteiger partial charge on any atom is -0.455 e. The van der Waals surface area contributed by atoms with Crippen LogP contribution in [0.1, 0.15) is 35.7 Å². The van der Waals surface area contributed by atoms with E-state index < -0.39 is 0 Å². The Morgan fingerprint density at radius 3 is 2.72 bits per heavy atom. The first-order valence-electron chi connectivity index (χ1n) is 10.5. The van der Waals surface area contributed by atoms with Gasteiger partial charge in [-0.15, -0.1) is 0 Å². The van der Waals surface area contributed by atoms with Crippen molar-refractivity contribution in [1.29, 1.82) is 0 Å². The molecule has 2 atom stereocenters. The predicted octanol–water partition coefficient (Wildman–Crippen LogP) is 3.99. The van der Waals surface area contributed by atoms with Crippen molar-refractivity contribution in [3.05, 3.63) is 65.6 Å². The number of ether oxygens (including phenoxy) is 1. The maximum absolute atomic E-state index is 14.7. The van der Waals surface area contributed by atoms with Gasteiger partial charge in [0.15, 0.2) is 10.9 Å². The van der Waals surface area contributed by atoms with E-state index in [1.54, 1.807) is 24.4 Å². The highest BCUT2D eigenvalue weighted by molar-refractivity contribution is 7.98. The maximum Gasteiger partial charge on any atom is 0.287 e. The molecule has 1 aliphatic heterocycles. The lowest BCUT2D eigenvalue weighted by Crippen LogP contribution is -2.45. The van der Waals surface area contributed by atoms with Gasteiger partial charge in [0.2, 0.25) is 0 Å². The van der Waals surface area contributed by atoms with Gasteiger partial charge in [-0.05, 0) is 43.7 Å². The molecule has 1 aromatic carbocycles. The van der Waals surface area contributed by atoms with Crippen molar-refractivity contribution < 1.29 is 18.3 Å². The average Bonchev–Trinajstić information content (AvgIpc) is 3.38. The van der Waals surface area contributed by atoms with E-state index in [0.717, 1.165) is 5.16 Å². The van der Waals surface area contributed by atoms with Crippen LogP contribution in [-0.2, 0) is 24.1 Å². The van der Waals surface area contributed by atoms with Gasteiger partial charge in [0, 0.05) is 39.1 Å². The van der Waals surface area contributed by atoms with E-state index in [2.05, 4.69) is 10.3 Å². The smallest absolute Gasteiger partial charge is 0.287 e. The number of aryl methyl sites for hydroxylation is 1. The number of hydrogen-bond acceptors (Lipinski definition) is 6. The number of amides is 1. The number of morpholine rings is 1. The lowest BCUT2D eigenvalue weighted by molar-refractivity contribution is -0.00539. The number of thioether (sulfide) groups is 1. The van der Waals surface area contributed by atoms with E-state index in [0.29, 0.717) is 35.9 Å². The first-order valence-corrected chi connectivity index (χ1v) is 11.5. The fourth-order valence-electron chi connectivity index (χ4n) is 3.77. The van der Waals surface area contributed by atoms with Crippen LogP contribution in [0.3, 0.4) is 0 Å². The molecule has 9 heteroatoms. The molecule has 1 N–H and O–H groups in total. The summed E-state index contributed by atoms with van der Waals surface area (Å²) >= 11 is 1.53. The van der Waals surface area contributed by atoms with Gasteiger partial charge >= 0.3 is 0 Å². The van der Waals surface area contributed by atoms with Gasteiger partial charge in [-0.2, -0.15) is 0 Å². The Balaban J connectivity index is 1.31. The maximum atomic E-state index is 14.7. The van der Waals surface area contributed by atoms with E-state index in [4.69, 9.17) is 9.15 Å².